The van der Waals surface area contributed by atoms with E-state index in [1.165, 1.54) is 17.5 Å². The zero-order valence-electron chi connectivity index (χ0n) is 9.90. The minimum atomic E-state index is 0.180. The average molecular weight is 237 g/mol. The number of ether oxygens (including phenoxy) is 1. The molecule has 16 heavy (non-hydrogen) atoms. The molecule has 1 aromatic rings. The molecule has 0 saturated heterocycles. The second-order valence-corrected chi connectivity index (χ2v) is 5.64. The zero-order chi connectivity index (χ0) is 11.5. The van der Waals surface area contributed by atoms with E-state index < -0.39 is 0 Å². The summed E-state index contributed by atoms with van der Waals surface area (Å²) in [6, 6.07) is 6.44. The van der Waals surface area contributed by atoms with Crippen LogP contribution in [0.5, 0.6) is 5.75 Å². The van der Waals surface area contributed by atoms with Gasteiger partial charge in [-0.05, 0) is 41.9 Å². The molecular formula is C13H19NOS. The van der Waals surface area contributed by atoms with E-state index in [9.17, 15) is 0 Å². The first-order valence-electron chi connectivity index (χ1n) is 5.80. The van der Waals surface area contributed by atoms with Crippen LogP contribution in [0.1, 0.15) is 30.5 Å². The van der Waals surface area contributed by atoms with Gasteiger partial charge in [-0.2, -0.15) is 11.8 Å². The van der Waals surface area contributed by atoms with E-state index in [0.717, 1.165) is 17.9 Å². The Balaban J connectivity index is 2.24. The van der Waals surface area contributed by atoms with Gasteiger partial charge in [-0.3, -0.25) is 0 Å². The van der Waals surface area contributed by atoms with Crippen LogP contribution in [0.2, 0.25) is 0 Å². The molecule has 2 N–H and O–H groups in total. The summed E-state index contributed by atoms with van der Waals surface area (Å²) in [5.74, 6) is 2.08. The van der Waals surface area contributed by atoms with Crippen LogP contribution in [-0.2, 0) is 6.42 Å². The number of rotatable bonds is 3. The maximum atomic E-state index is 6.31. The summed E-state index contributed by atoms with van der Waals surface area (Å²) in [5, 5.41) is 0.575. The van der Waals surface area contributed by atoms with Crippen molar-refractivity contribution in [2.45, 2.75) is 31.1 Å². The molecule has 0 radical (unpaired) electrons. The van der Waals surface area contributed by atoms with Gasteiger partial charge in [0.1, 0.15) is 5.75 Å². The lowest BCUT2D eigenvalue weighted by Gasteiger charge is -2.30. The fourth-order valence-corrected chi connectivity index (χ4v) is 3.40. The molecule has 0 aliphatic heterocycles. The number of methoxy groups -OCH3 is 1. The number of nitrogens with two attached hydrogens (primary N) is 1. The van der Waals surface area contributed by atoms with Crippen molar-refractivity contribution in [1.29, 1.82) is 0 Å². The number of fused-ring (bicyclic) bond motifs is 1. The lowest BCUT2D eigenvalue weighted by Crippen LogP contribution is -2.29. The van der Waals surface area contributed by atoms with Gasteiger partial charge in [-0.1, -0.05) is 13.0 Å². The van der Waals surface area contributed by atoms with Crippen LogP contribution in [0.25, 0.3) is 0 Å². The highest BCUT2D eigenvalue weighted by Gasteiger charge is 2.26. The standard InChI is InChI=1S/C13H19NOS/c1-3-16-12-7-4-9-8-10(15-2)5-6-11(9)13(12)14/h5-6,8,12-13H,3-4,7,14H2,1-2H3. The molecule has 88 valence electrons. The highest BCUT2D eigenvalue weighted by molar-refractivity contribution is 7.99. The minimum Gasteiger partial charge on any atom is -0.497 e. The number of benzene rings is 1. The van der Waals surface area contributed by atoms with E-state index in [1.54, 1.807) is 7.11 Å². The molecule has 1 aliphatic rings. The molecule has 0 spiro atoms. The molecule has 0 aromatic heterocycles. The smallest absolute Gasteiger partial charge is 0.119 e. The van der Waals surface area contributed by atoms with Crippen molar-refractivity contribution in [2.24, 2.45) is 5.73 Å². The van der Waals surface area contributed by atoms with Crippen molar-refractivity contribution in [3.63, 3.8) is 0 Å². The van der Waals surface area contributed by atoms with E-state index >= 15 is 0 Å². The normalized spacial score (nSPS) is 23.9. The Morgan fingerprint density at radius 3 is 3.00 bits per heavy atom. The van der Waals surface area contributed by atoms with Crippen LogP contribution in [0.15, 0.2) is 18.2 Å². The van der Waals surface area contributed by atoms with Gasteiger partial charge in [0.25, 0.3) is 0 Å². The van der Waals surface area contributed by atoms with Crippen molar-refractivity contribution < 1.29 is 4.74 Å². The fraction of sp³-hybridized carbons (Fsp3) is 0.538. The monoisotopic (exact) mass is 237 g/mol. The Morgan fingerprint density at radius 2 is 2.31 bits per heavy atom. The lowest BCUT2D eigenvalue weighted by atomic mass is 9.87. The van der Waals surface area contributed by atoms with E-state index in [4.69, 9.17) is 10.5 Å². The maximum absolute atomic E-state index is 6.31. The van der Waals surface area contributed by atoms with Gasteiger partial charge in [0.2, 0.25) is 0 Å². The van der Waals surface area contributed by atoms with Gasteiger partial charge in [0.05, 0.1) is 7.11 Å². The summed E-state index contributed by atoms with van der Waals surface area (Å²) in [6.45, 7) is 2.20. The molecule has 2 nitrogen and oxygen atoms in total. The van der Waals surface area contributed by atoms with Gasteiger partial charge in [-0.15, -0.1) is 0 Å². The van der Waals surface area contributed by atoms with Crippen LogP contribution >= 0.6 is 11.8 Å². The molecule has 1 aromatic carbocycles. The number of hydrogen-bond donors (Lipinski definition) is 1. The fourth-order valence-electron chi connectivity index (χ4n) is 2.33. The van der Waals surface area contributed by atoms with Crippen molar-refractivity contribution in [1.82, 2.24) is 0 Å². The third-order valence-corrected chi connectivity index (χ3v) is 4.48. The van der Waals surface area contributed by atoms with Crippen molar-refractivity contribution in [3.8, 4) is 5.75 Å². The summed E-state index contributed by atoms with van der Waals surface area (Å²) in [6.07, 6.45) is 2.30. The molecule has 2 rings (SSSR count). The van der Waals surface area contributed by atoms with Gasteiger partial charge in [0.15, 0.2) is 0 Å². The molecule has 0 fully saturated rings. The Morgan fingerprint density at radius 1 is 1.50 bits per heavy atom. The zero-order valence-corrected chi connectivity index (χ0v) is 10.7. The second-order valence-electron chi connectivity index (χ2n) is 4.12. The third kappa shape index (κ3) is 2.20. The topological polar surface area (TPSA) is 35.2 Å². The molecular weight excluding hydrogens is 218 g/mol. The van der Waals surface area contributed by atoms with E-state index in [1.807, 2.05) is 17.8 Å². The van der Waals surface area contributed by atoms with Crippen molar-refractivity contribution >= 4 is 11.8 Å². The largest absolute Gasteiger partial charge is 0.497 e. The third-order valence-electron chi connectivity index (χ3n) is 3.19. The summed E-state index contributed by atoms with van der Waals surface area (Å²) in [5.41, 5.74) is 8.97. The molecule has 0 heterocycles. The first-order valence-corrected chi connectivity index (χ1v) is 6.85. The highest BCUT2D eigenvalue weighted by Crippen LogP contribution is 2.36. The lowest BCUT2D eigenvalue weighted by molar-refractivity contribution is 0.413. The Hall–Kier alpha value is -0.670. The molecule has 2 unspecified atom stereocenters. The van der Waals surface area contributed by atoms with E-state index in [-0.39, 0.29) is 6.04 Å². The summed E-state index contributed by atoms with van der Waals surface area (Å²) < 4.78 is 5.24. The SMILES string of the molecule is CCSC1CCc2cc(OC)ccc2C1N. The predicted octanol–water partition coefficient (Wildman–Crippen LogP) is 2.76. The maximum Gasteiger partial charge on any atom is 0.119 e. The number of hydrogen-bond acceptors (Lipinski definition) is 3. The molecule has 1 aliphatic carbocycles. The highest BCUT2D eigenvalue weighted by atomic mass is 32.2. The average Bonchev–Trinajstić information content (AvgIpc) is 2.32. The van der Waals surface area contributed by atoms with Crippen molar-refractivity contribution in [3.05, 3.63) is 29.3 Å². The van der Waals surface area contributed by atoms with Crippen LogP contribution in [-0.4, -0.2) is 18.1 Å². The summed E-state index contributed by atoms with van der Waals surface area (Å²) in [4.78, 5) is 0. The molecule has 2 atom stereocenters. The Kier molecular flexibility index (Phi) is 3.77. The molecule has 0 amide bonds. The predicted molar refractivity (Wildman–Crippen MR) is 70.2 cm³/mol. The summed E-state index contributed by atoms with van der Waals surface area (Å²) >= 11 is 1.98. The van der Waals surface area contributed by atoms with Gasteiger partial charge >= 0.3 is 0 Å². The number of thioether (sulfide) groups is 1. The molecule has 0 bridgehead atoms. The molecule has 3 heteroatoms. The number of aryl methyl sites for hydroxylation is 1. The quantitative estimate of drug-likeness (QED) is 0.878. The van der Waals surface area contributed by atoms with Gasteiger partial charge in [0, 0.05) is 11.3 Å². The first-order chi connectivity index (χ1) is 7.76. The Bertz CT molecular complexity index is 367. The van der Waals surface area contributed by atoms with Crippen LogP contribution in [0, 0.1) is 0 Å². The van der Waals surface area contributed by atoms with Crippen LogP contribution in [0.4, 0.5) is 0 Å². The summed E-state index contributed by atoms with van der Waals surface area (Å²) in [7, 11) is 1.71. The van der Waals surface area contributed by atoms with E-state index in [0.29, 0.717) is 5.25 Å². The van der Waals surface area contributed by atoms with E-state index in [2.05, 4.69) is 19.1 Å². The minimum absolute atomic E-state index is 0.180. The van der Waals surface area contributed by atoms with Gasteiger partial charge in [-0.25, -0.2) is 0 Å². The Labute approximate surface area is 102 Å². The van der Waals surface area contributed by atoms with Crippen LogP contribution in [0.3, 0.4) is 0 Å². The van der Waals surface area contributed by atoms with Crippen LogP contribution < -0.4 is 10.5 Å². The first kappa shape index (κ1) is 11.8. The second kappa shape index (κ2) is 5.11. The van der Waals surface area contributed by atoms with Gasteiger partial charge < -0.3 is 10.5 Å². The van der Waals surface area contributed by atoms with Crippen molar-refractivity contribution in [2.75, 3.05) is 12.9 Å². The molecule has 0 saturated carbocycles.